The predicted octanol–water partition coefficient (Wildman–Crippen LogP) is 2.06. The van der Waals surface area contributed by atoms with Crippen molar-refractivity contribution in [3.05, 3.63) is 12.2 Å². The first-order chi connectivity index (χ1) is 9.98. The fourth-order valence-electron chi connectivity index (χ4n) is 3.03. The van der Waals surface area contributed by atoms with Crippen molar-refractivity contribution in [2.45, 2.75) is 57.4 Å². The molecule has 0 aromatic heterocycles. The summed E-state index contributed by atoms with van der Waals surface area (Å²) in [7, 11) is 0. The van der Waals surface area contributed by atoms with Gasteiger partial charge < -0.3 is 10.4 Å². The van der Waals surface area contributed by atoms with Crippen LogP contribution in [0.15, 0.2) is 12.2 Å². The molecule has 5 nitrogen and oxygen atoms in total. The number of hydrogen-bond donors (Lipinski definition) is 2. The van der Waals surface area contributed by atoms with Crippen LogP contribution in [-0.4, -0.2) is 28.3 Å². The van der Waals surface area contributed by atoms with Gasteiger partial charge in [0.2, 0.25) is 5.91 Å². The Hall–Kier alpha value is -1.65. The molecular formula is C16H23NO4. The summed E-state index contributed by atoms with van der Waals surface area (Å²) in [5.74, 6) is -1.00. The molecule has 2 rings (SSSR count). The summed E-state index contributed by atoms with van der Waals surface area (Å²) < 4.78 is 0. The Morgan fingerprint density at radius 3 is 2.67 bits per heavy atom. The van der Waals surface area contributed by atoms with Crippen molar-refractivity contribution in [1.82, 2.24) is 5.32 Å². The van der Waals surface area contributed by atoms with Crippen molar-refractivity contribution in [3.63, 3.8) is 0 Å². The Kier molecular flexibility index (Phi) is 4.80. The first-order valence-electron chi connectivity index (χ1n) is 7.70. The standard InChI is InChI=1S/C16H23NO4/c1-2-3-4-5-12-11(6-7-13(12)18)10-14(19)17-16(8-9-16)15(20)21/h3-4,11-12H,2,5-10H2,1H3,(H,17,19)(H,20,21)/b4-3-. The lowest BCUT2D eigenvalue weighted by atomic mass is 9.89. The maximum Gasteiger partial charge on any atom is 0.329 e. The fourth-order valence-corrected chi connectivity index (χ4v) is 3.03. The maximum absolute atomic E-state index is 12.0. The Morgan fingerprint density at radius 2 is 2.10 bits per heavy atom. The molecule has 0 saturated heterocycles. The van der Waals surface area contributed by atoms with Gasteiger partial charge in [0.25, 0.3) is 0 Å². The lowest BCUT2D eigenvalue weighted by Crippen LogP contribution is -2.43. The first-order valence-corrected chi connectivity index (χ1v) is 7.70. The SMILES string of the molecule is CC/C=C\CC1C(=O)CCC1CC(=O)NC1(C(=O)O)CC1. The van der Waals surface area contributed by atoms with Crippen molar-refractivity contribution >= 4 is 17.7 Å². The van der Waals surface area contributed by atoms with Gasteiger partial charge in [-0.1, -0.05) is 19.1 Å². The molecule has 2 fully saturated rings. The molecule has 2 saturated carbocycles. The fraction of sp³-hybridized carbons (Fsp3) is 0.688. The minimum atomic E-state index is -1.03. The molecule has 1 amide bonds. The van der Waals surface area contributed by atoms with Crippen molar-refractivity contribution < 1.29 is 19.5 Å². The average molecular weight is 293 g/mol. The number of hydrogen-bond acceptors (Lipinski definition) is 3. The Labute approximate surface area is 124 Å². The van der Waals surface area contributed by atoms with E-state index in [1.807, 2.05) is 19.1 Å². The topological polar surface area (TPSA) is 83.5 Å². The molecule has 2 aliphatic carbocycles. The van der Waals surface area contributed by atoms with Crippen LogP contribution < -0.4 is 5.32 Å². The third-order valence-corrected chi connectivity index (χ3v) is 4.52. The van der Waals surface area contributed by atoms with Crippen LogP contribution >= 0.6 is 0 Å². The molecule has 0 bridgehead atoms. The van der Waals surface area contributed by atoms with Gasteiger partial charge in [-0.05, 0) is 38.0 Å². The predicted molar refractivity (Wildman–Crippen MR) is 77.6 cm³/mol. The van der Waals surface area contributed by atoms with E-state index < -0.39 is 11.5 Å². The van der Waals surface area contributed by atoms with Crippen molar-refractivity contribution in [3.8, 4) is 0 Å². The molecule has 0 aromatic carbocycles. The van der Waals surface area contributed by atoms with E-state index in [-0.39, 0.29) is 29.9 Å². The Bertz CT molecular complexity index is 465. The number of rotatable bonds is 7. The van der Waals surface area contributed by atoms with Crippen LogP contribution in [0.5, 0.6) is 0 Å². The van der Waals surface area contributed by atoms with Crippen molar-refractivity contribution in [2.24, 2.45) is 11.8 Å². The molecule has 2 aliphatic rings. The van der Waals surface area contributed by atoms with Gasteiger partial charge in [0.15, 0.2) is 0 Å². The molecule has 2 unspecified atom stereocenters. The number of Topliss-reactive ketones (excluding diaryl/α,β-unsaturated/α-hetero) is 1. The molecule has 0 heterocycles. The van der Waals surface area contributed by atoms with Gasteiger partial charge in [-0.15, -0.1) is 0 Å². The number of nitrogens with one attached hydrogen (secondary N) is 1. The molecule has 21 heavy (non-hydrogen) atoms. The second kappa shape index (κ2) is 6.41. The van der Waals surface area contributed by atoms with Gasteiger partial charge in [-0.2, -0.15) is 0 Å². The quantitative estimate of drug-likeness (QED) is 0.704. The number of carbonyl (C=O) groups excluding carboxylic acids is 2. The van der Waals surface area contributed by atoms with Gasteiger partial charge in [-0.25, -0.2) is 4.79 Å². The number of carbonyl (C=O) groups is 3. The number of carboxylic acid groups (broad SMARTS) is 1. The van der Waals surface area contributed by atoms with Gasteiger partial charge in [0, 0.05) is 18.8 Å². The van der Waals surface area contributed by atoms with Crippen molar-refractivity contribution in [1.29, 1.82) is 0 Å². The molecule has 0 aromatic rings. The number of ketones is 1. The van der Waals surface area contributed by atoms with E-state index in [9.17, 15) is 14.4 Å². The maximum atomic E-state index is 12.0. The average Bonchev–Trinajstić information content (AvgIpc) is 3.13. The minimum Gasteiger partial charge on any atom is -0.480 e. The minimum absolute atomic E-state index is 0.0450. The largest absolute Gasteiger partial charge is 0.480 e. The summed E-state index contributed by atoms with van der Waals surface area (Å²) in [4.78, 5) is 35.0. The summed E-state index contributed by atoms with van der Waals surface area (Å²) in [6.07, 6.45) is 8.20. The van der Waals surface area contributed by atoms with Crippen molar-refractivity contribution in [2.75, 3.05) is 0 Å². The number of amides is 1. The van der Waals surface area contributed by atoms with Crippen LogP contribution in [0.1, 0.15) is 51.9 Å². The summed E-state index contributed by atoms with van der Waals surface area (Å²) in [5, 5.41) is 11.7. The highest BCUT2D eigenvalue weighted by atomic mass is 16.4. The number of aliphatic carboxylic acids is 1. The summed E-state index contributed by atoms with van der Waals surface area (Å²) in [6.45, 7) is 2.04. The second-order valence-corrected chi connectivity index (χ2v) is 6.13. The third kappa shape index (κ3) is 3.71. The highest BCUT2D eigenvalue weighted by Gasteiger charge is 2.51. The highest BCUT2D eigenvalue weighted by Crippen LogP contribution is 2.37. The van der Waals surface area contributed by atoms with Crippen LogP contribution in [0, 0.1) is 11.8 Å². The smallest absolute Gasteiger partial charge is 0.329 e. The van der Waals surface area contributed by atoms with E-state index in [4.69, 9.17) is 5.11 Å². The van der Waals surface area contributed by atoms with E-state index in [2.05, 4.69) is 5.32 Å². The third-order valence-electron chi connectivity index (χ3n) is 4.52. The lowest BCUT2D eigenvalue weighted by Gasteiger charge is -2.18. The van der Waals surface area contributed by atoms with E-state index in [0.717, 1.165) is 12.8 Å². The normalized spacial score (nSPS) is 27.0. The molecule has 5 heteroatoms. The van der Waals surface area contributed by atoms with Gasteiger partial charge in [0.05, 0.1) is 0 Å². The lowest BCUT2D eigenvalue weighted by molar-refractivity contribution is -0.143. The molecule has 0 radical (unpaired) electrons. The second-order valence-electron chi connectivity index (χ2n) is 6.13. The highest BCUT2D eigenvalue weighted by molar-refractivity contribution is 5.90. The molecule has 2 atom stereocenters. The Morgan fingerprint density at radius 1 is 1.38 bits per heavy atom. The van der Waals surface area contributed by atoms with Crippen LogP contribution in [-0.2, 0) is 14.4 Å². The molecule has 116 valence electrons. The number of carboxylic acids is 1. The van der Waals surface area contributed by atoms with Gasteiger partial charge in [0.1, 0.15) is 11.3 Å². The van der Waals surface area contributed by atoms with Crippen LogP contribution in [0.3, 0.4) is 0 Å². The van der Waals surface area contributed by atoms with E-state index in [0.29, 0.717) is 25.7 Å². The zero-order valence-corrected chi connectivity index (χ0v) is 12.4. The monoisotopic (exact) mass is 293 g/mol. The molecule has 0 spiro atoms. The van der Waals surface area contributed by atoms with E-state index in [1.165, 1.54) is 0 Å². The zero-order chi connectivity index (χ0) is 15.5. The van der Waals surface area contributed by atoms with Crippen LogP contribution in [0.4, 0.5) is 0 Å². The first kappa shape index (κ1) is 15.7. The van der Waals surface area contributed by atoms with Gasteiger partial charge in [-0.3, -0.25) is 9.59 Å². The molecule has 0 aliphatic heterocycles. The number of allylic oxidation sites excluding steroid dienone is 2. The molecule has 2 N–H and O–H groups in total. The van der Waals surface area contributed by atoms with Crippen LogP contribution in [0.25, 0.3) is 0 Å². The summed E-state index contributed by atoms with van der Waals surface area (Å²) in [5.41, 5.74) is -1.03. The zero-order valence-electron chi connectivity index (χ0n) is 12.4. The Balaban J connectivity index is 1.88. The van der Waals surface area contributed by atoms with Gasteiger partial charge >= 0.3 is 5.97 Å². The van der Waals surface area contributed by atoms with E-state index in [1.54, 1.807) is 0 Å². The van der Waals surface area contributed by atoms with E-state index >= 15 is 0 Å². The summed E-state index contributed by atoms with van der Waals surface area (Å²) >= 11 is 0. The summed E-state index contributed by atoms with van der Waals surface area (Å²) in [6, 6.07) is 0. The molecular weight excluding hydrogens is 270 g/mol. The van der Waals surface area contributed by atoms with Crippen LogP contribution in [0.2, 0.25) is 0 Å².